The molecule has 25 heavy (non-hydrogen) atoms. The zero-order chi connectivity index (χ0) is 18.4. The summed E-state index contributed by atoms with van der Waals surface area (Å²) < 4.78 is 22.2. The average molecular weight is 366 g/mol. The molecule has 0 radical (unpaired) electrons. The summed E-state index contributed by atoms with van der Waals surface area (Å²) in [5, 5.41) is 5.48. The number of anilines is 1. The van der Waals surface area contributed by atoms with Gasteiger partial charge in [-0.05, 0) is 43.4 Å². The number of nitrogens with one attached hydrogen (secondary N) is 2. The van der Waals surface area contributed by atoms with Crippen molar-refractivity contribution in [3.63, 3.8) is 0 Å². The van der Waals surface area contributed by atoms with E-state index in [4.69, 9.17) is 0 Å². The molecule has 0 saturated heterocycles. The second-order valence-electron chi connectivity index (χ2n) is 6.82. The van der Waals surface area contributed by atoms with Gasteiger partial charge in [0.15, 0.2) is 0 Å². The van der Waals surface area contributed by atoms with E-state index in [0.29, 0.717) is 23.6 Å². The van der Waals surface area contributed by atoms with Crippen LogP contribution < -0.4 is 10.6 Å². The molecule has 138 valence electrons. The van der Waals surface area contributed by atoms with Crippen LogP contribution in [-0.4, -0.2) is 38.8 Å². The molecular weight excluding hydrogens is 340 g/mol. The van der Waals surface area contributed by atoms with Crippen LogP contribution in [0.1, 0.15) is 48.0 Å². The van der Waals surface area contributed by atoms with Gasteiger partial charge in [-0.15, -0.1) is 0 Å². The van der Waals surface area contributed by atoms with E-state index in [2.05, 4.69) is 10.6 Å². The third kappa shape index (κ3) is 6.49. The van der Waals surface area contributed by atoms with Crippen molar-refractivity contribution >= 4 is 27.3 Å². The Balaban J connectivity index is 1.96. The van der Waals surface area contributed by atoms with E-state index in [1.54, 1.807) is 18.2 Å². The van der Waals surface area contributed by atoms with Crippen molar-refractivity contribution in [2.45, 2.75) is 39.0 Å². The number of hydrogen-bond donors (Lipinski definition) is 2. The van der Waals surface area contributed by atoms with Crippen molar-refractivity contribution in [1.82, 2.24) is 5.32 Å². The summed E-state index contributed by atoms with van der Waals surface area (Å²) in [6, 6.07) is 5.08. The number of amides is 2. The fraction of sp³-hybridized carbons (Fsp3) is 0.556. The number of rotatable bonds is 7. The van der Waals surface area contributed by atoms with Gasteiger partial charge in [-0.25, -0.2) is 8.42 Å². The molecule has 0 bridgehead atoms. The van der Waals surface area contributed by atoms with E-state index in [-0.39, 0.29) is 24.1 Å². The summed E-state index contributed by atoms with van der Waals surface area (Å²) in [6.07, 6.45) is 6.25. The van der Waals surface area contributed by atoms with E-state index in [1.807, 2.05) is 6.92 Å². The first-order valence-corrected chi connectivity index (χ1v) is 10.7. The van der Waals surface area contributed by atoms with Crippen molar-refractivity contribution in [1.29, 1.82) is 0 Å². The van der Waals surface area contributed by atoms with Crippen molar-refractivity contribution in [3.05, 3.63) is 29.3 Å². The van der Waals surface area contributed by atoms with Crippen LogP contribution in [0.25, 0.3) is 0 Å². The molecule has 0 spiro atoms. The minimum absolute atomic E-state index is 0.0235. The lowest BCUT2D eigenvalue weighted by Crippen LogP contribution is -2.29. The predicted octanol–water partition coefficient (Wildman–Crippen LogP) is 2.29. The standard InChI is InChI=1S/C18H26N2O4S/c1-13-7-8-15(18(22)19-9-10-25(2,23)24)12-16(13)20-17(21)11-14-5-3-4-6-14/h7-8,12,14H,3-6,9-11H2,1-2H3,(H,19,22)(H,20,21). The molecule has 0 aliphatic heterocycles. The largest absolute Gasteiger partial charge is 0.351 e. The quantitative estimate of drug-likeness (QED) is 0.774. The Kier molecular flexibility index (Phi) is 6.58. The lowest BCUT2D eigenvalue weighted by atomic mass is 10.0. The molecule has 1 aromatic rings. The van der Waals surface area contributed by atoms with Crippen molar-refractivity contribution < 1.29 is 18.0 Å². The smallest absolute Gasteiger partial charge is 0.251 e. The molecule has 0 aromatic heterocycles. The monoisotopic (exact) mass is 366 g/mol. The summed E-state index contributed by atoms with van der Waals surface area (Å²) in [4.78, 5) is 24.3. The van der Waals surface area contributed by atoms with Gasteiger partial charge in [0.25, 0.3) is 5.91 Å². The summed E-state index contributed by atoms with van der Waals surface area (Å²) in [7, 11) is -3.12. The van der Waals surface area contributed by atoms with Gasteiger partial charge in [0.1, 0.15) is 9.84 Å². The molecule has 1 aliphatic rings. The van der Waals surface area contributed by atoms with E-state index in [0.717, 1.165) is 24.7 Å². The molecule has 0 atom stereocenters. The molecule has 0 unspecified atom stereocenters. The lowest BCUT2D eigenvalue weighted by molar-refractivity contribution is -0.117. The highest BCUT2D eigenvalue weighted by atomic mass is 32.2. The summed E-state index contributed by atoms with van der Waals surface area (Å²) in [5.41, 5.74) is 1.90. The van der Waals surface area contributed by atoms with E-state index < -0.39 is 9.84 Å². The van der Waals surface area contributed by atoms with Gasteiger partial charge in [-0.1, -0.05) is 18.9 Å². The van der Waals surface area contributed by atoms with Gasteiger partial charge in [0, 0.05) is 30.5 Å². The predicted molar refractivity (Wildman–Crippen MR) is 98.4 cm³/mol. The fourth-order valence-electron chi connectivity index (χ4n) is 3.03. The second-order valence-corrected chi connectivity index (χ2v) is 9.08. The minimum Gasteiger partial charge on any atom is -0.351 e. The van der Waals surface area contributed by atoms with Gasteiger partial charge < -0.3 is 10.6 Å². The van der Waals surface area contributed by atoms with Gasteiger partial charge in [-0.2, -0.15) is 0 Å². The number of hydrogen-bond acceptors (Lipinski definition) is 4. The van der Waals surface area contributed by atoms with Crippen LogP contribution in [-0.2, 0) is 14.6 Å². The van der Waals surface area contributed by atoms with E-state index in [9.17, 15) is 18.0 Å². The number of sulfone groups is 1. The highest BCUT2D eigenvalue weighted by Crippen LogP contribution is 2.28. The van der Waals surface area contributed by atoms with Crippen LogP contribution in [0.3, 0.4) is 0 Å². The first-order valence-electron chi connectivity index (χ1n) is 8.61. The Morgan fingerprint density at radius 3 is 2.52 bits per heavy atom. The summed E-state index contributed by atoms with van der Waals surface area (Å²) in [5.74, 6) is -0.0161. The maximum atomic E-state index is 12.2. The zero-order valence-electron chi connectivity index (χ0n) is 14.8. The van der Waals surface area contributed by atoms with Gasteiger partial charge >= 0.3 is 0 Å². The summed E-state index contributed by atoms with van der Waals surface area (Å²) in [6.45, 7) is 1.94. The molecule has 2 amide bonds. The van der Waals surface area contributed by atoms with Crippen LogP contribution in [0.15, 0.2) is 18.2 Å². The van der Waals surface area contributed by atoms with Crippen molar-refractivity contribution in [2.24, 2.45) is 5.92 Å². The van der Waals surface area contributed by atoms with Crippen molar-refractivity contribution in [3.8, 4) is 0 Å². The molecule has 2 N–H and O–H groups in total. The maximum Gasteiger partial charge on any atom is 0.251 e. The SMILES string of the molecule is Cc1ccc(C(=O)NCCS(C)(=O)=O)cc1NC(=O)CC1CCCC1. The maximum absolute atomic E-state index is 12.2. The third-order valence-corrected chi connectivity index (χ3v) is 5.43. The summed E-state index contributed by atoms with van der Waals surface area (Å²) >= 11 is 0. The van der Waals surface area contributed by atoms with Crippen LogP contribution in [0.2, 0.25) is 0 Å². The number of carbonyl (C=O) groups is 2. The van der Waals surface area contributed by atoms with Crippen LogP contribution >= 0.6 is 0 Å². The lowest BCUT2D eigenvalue weighted by Gasteiger charge is -2.13. The number of benzene rings is 1. The molecule has 7 heteroatoms. The van der Waals surface area contributed by atoms with Gasteiger partial charge in [0.05, 0.1) is 5.75 Å². The van der Waals surface area contributed by atoms with Crippen LogP contribution in [0, 0.1) is 12.8 Å². The zero-order valence-corrected chi connectivity index (χ0v) is 15.6. The van der Waals surface area contributed by atoms with Gasteiger partial charge in [0.2, 0.25) is 5.91 Å². The van der Waals surface area contributed by atoms with E-state index >= 15 is 0 Å². The minimum atomic E-state index is -3.12. The molecule has 0 heterocycles. The number of carbonyl (C=O) groups excluding carboxylic acids is 2. The second kappa shape index (κ2) is 8.47. The third-order valence-electron chi connectivity index (χ3n) is 4.48. The Hall–Kier alpha value is -1.89. The average Bonchev–Trinajstić information content (AvgIpc) is 3.00. The van der Waals surface area contributed by atoms with Crippen LogP contribution in [0.5, 0.6) is 0 Å². The highest BCUT2D eigenvalue weighted by Gasteiger charge is 2.19. The molecule has 1 aromatic carbocycles. The first kappa shape index (κ1) is 19.4. The Morgan fingerprint density at radius 2 is 1.88 bits per heavy atom. The van der Waals surface area contributed by atoms with Gasteiger partial charge in [-0.3, -0.25) is 9.59 Å². The molecule has 1 aliphatic carbocycles. The molecule has 2 rings (SSSR count). The van der Waals surface area contributed by atoms with Crippen LogP contribution in [0.4, 0.5) is 5.69 Å². The molecular formula is C18H26N2O4S. The number of aryl methyl sites for hydroxylation is 1. The Labute approximate surface area is 149 Å². The van der Waals surface area contributed by atoms with Crippen molar-refractivity contribution in [2.75, 3.05) is 23.9 Å². The topological polar surface area (TPSA) is 92.3 Å². The first-order chi connectivity index (χ1) is 11.7. The van der Waals surface area contributed by atoms with E-state index in [1.165, 1.54) is 12.8 Å². The normalized spacial score (nSPS) is 15.1. The fourth-order valence-corrected chi connectivity index (χ4v) is 3.50. The molecule has 1 fully saturated rings. The molecule has 1 saturated carbocycles. The Morgan fingerprint density at radius 1 is 1.20 bits per heavy atom. The molecule has 6 nitrogen and oxygen atoms in total. The Bertz CT molecular complexity index is 737. The highest BCUT2D eigenvalue weighted by molar-refractivity contribution is 7.90.